The molecule has 0 saturated heterocycles. The maximum atomic E-state index is 12.5. The first-order valence-electron chi connectivity index (χ1n) is 10.4. The Labute approximate surface area is 192 Å². The summed E-state index contributed by atoms with van der Waals surface area (Å²) in [6, 6.07) is 0. The minimum atomic E-state index is -1.29. The second kappa shape index (κ2) is 12.1. The zero-order chi connectivity index (χ0) is 23.2. The normalized spacial score (nSPS) is 25.3. The third kappa shape index (κ3) is 7.40. The molecule has 0 aromatic heterocycles. The molecule has 4 atom stereocenters. The Balaban J connectivity index is 0.00000512. The molecular weight excluding hydrogens is 450 g/mol. The van der Waals surface area contributed by atoms with Crippen LogP contribution in [0.5, 0.6) is 0 Å². The van der Waals surface area contributed by atoms with E-state index in [0.29, 0.717) is 12.8 Å². The summed E-state index contributed by atoms with van der Waals surface area (Å²) in [7, 11) is 0. The van der Waals surface area contributed by atoms with E-state index >= 15 is 0 Å². The molecule has 0 bridgehead atoms. The number of hydrogen-bond donors (Lipinski definition) is 1. The maximum Gasteiger partial charge on any atom is 0.508 e. The Kier molecular flexibility index (Phi) is 10.5. The summed E-state index contributed by atoms with van der Waals surface area (Å²) in [6.45, 7) is 6.16. The minimum Gasteiger partial charge on any atom is -0.462 e. The molecule has 2 rings (SSSR count). The van der Waals surface area contributed by atoms with Gasteiger partial charge in [-0.1, -0.05) is 0 Å². The molecule has 11 nitrogen and oxygen atoms in total. The highest BCUT2D eigenvalue weighted by atomic mass is 35.5. The van der Waals surface area contributed by atoms with Crippen LogP contribution in [-0.4, -0.2) is 68.4 Å². The van der Waals surface area contributed by atoms with Crippen molar-refractivity contribution in [1.29, 1.82) is 0 Å². The fourth-order valence-electron chi connectivity index (χ4n) is 3.78. The van der Waals surface area contributed by atoms with Gasteiger partial charge in [-0.3, -0.25) is 9.59 Å². The van der Waals surface area contributed by atoms with Crippen LogP contribution in [0, 0.1) is 17.8 Å². The molecule has 0 aromatic rings. The van der Waals surface area contributed by atoms with E-state index in [1.807, 2.05) is 0 Å². The molecule has 32 heavy (non-hydrogen) atoms. The van der Waals surface area contributed by atoms with Crippen LogP contribution in [0.2, 0.25) is 0 Å². The predicted octanol–water partition coefficient (Wildman–Crippen LogP) is 1.97. The molecule has 2 N–H and O–H groups in total. The fourth-order valence-corrected chi connectivity index (χ4v) is 3.78. The lowest BCUT2D eigenvalue weighted by atomic mass is 9.91. The lowest BCUT2D eigenvalue weighted by Crippen LogP contribution is -2.51. The summed E-state index contributed by atoms with van der Waals surface area (Å²) in [4.78, 5) is 47.3. The number of esters is 2. The lowest BCUT2D eigenvalue weighted by molar-refractivity contribution is -0.153. The average molecular weight is 482 g/mol. The third-order valence-electron chi connectivity index (χ3n) is 5.05. The van der Waals surface area contributed by atoms with E-state index in [9.17, 15) is 19.2 Å². The van der Waals surface area contributed by atoms with Crippen LogP contribution in [0.15, 0.2) is 0 Å². The van der Waals surface area contributed by atoms with E-state index in [-0.39, 0.29) is 62.9 Å². The molecule has 0 aromatic carbocycles. The van der Waals surface area contributed by atoms with Gasteiger partial charge in [0.2, 0.25) is 0 Å². The first-order chi connectivity index (χ1) is 14.6. The molecule has 0 radical (unpaired) electrons. The van der Waals surface area contributed by atoms with Crippen LogP contribution < -0.4 is 5.73 Å². The summed E-state index contributed by atoms with van der Waals surface area (Å²) in [5.74, 6) is -2.04. The number of fused-ring (bicyclic) bond motifs is 1. The lowest BCUT2D eigenvalue weighted by Gasteiger charge is -2.24. The van der Waals surface area contributed by atoms with E-state index in [2.05, 4.69) is 0 Å². The van der Waals surface area contributed by atoms with Crippen molar-refractivity contribution in [2.75, 3.05) is 26.4 Å². The first-order valence-corrected chi connectivity index (χ1v) is 10.4. The van der Waals surface area contributed by atoms with Crippen molar-refractivity contribution in [3.63, 3.8) is 0 Å². The molecular formula is C20H32ClNO10. The fraction of sp³-hybridized carbons (Fsp3) is 0.800. The van der Waals surface area contributed by atoms with Gasteiger partial charge < -0.3 is 34.2 Å². The van der Waals surface area contributed by atoms with E-state index < -0.39 is 35.7 Å². The topological polar surface area (TPSA) is 150 Å². The number of rotatable bonds is 10. The summed E-state index contributed by atoms with van der Waals surface area (Å²) >= 11 is 0. The van der Waals surface area contributed by atoms with Gasteiger partial charge in [0.05, 0.1) is 18.1 Å². The molecule has 2 fully saturated rings. The summed E-state index contributed by atoms with van der Waals surface area (Å²) < 4.78 is 29.5. The number of carbonyl (C=O) groups is 4. The molecule has 0 aliphatic heterocycles. The number of nitrogens with two attached hydrogens (primary N) is 1. The minimum absolute atomic E-state index is 0. The average Bonchev–Trinajstić information content (AvgIpc) is 3.31. The van der Waals surface area contributed by atoms with Crippen molar-refractivity contribution in [2.24, 2.45) is 23.5 Å². The van der Waals surface area contributed by atoms with Crippen LogP contribution >= 0.6 is 12.4 Å². The summed E-state index contributed by atoms with van der Waals surface area (Å²) in [5, 5.41) is 0. The smallest absolute Gasteiger partial charge is 0.462 e. The van der Waals surface area contributed by atoms with Crippen LogP contribution in [0.25, 0.3) is 0 Å². The largest absolute Gasteiger partial charge is 0.508 e. The Hall–Kier alpha value is -2.27. The molecule has 0 spiro atoms. The Morgan fingerprint density at radius 1 is 0.844 bits per heavy atom. The van der Waals surface area contributed by atoms with Gasteiger partial charge in [-0.15, -0.1) is 12.4 Å². The van der Waals surface area contributed by atoms with Gasteiger partial charge in [-0.25, -0.2) is 9.59 Å². The van der Waals surface area contributed by atoms with Crippen molar-refractivity contribution >= 4 is 36.7 Å². The van der Waals surface area contributed by atoms with Crippen LogP contribution in [0.3, 0.4) is 0 Å². The van der Waals surface area contributed by atoms with Crippen molar-refractivity contribution in [1.82, 2.24) is 0 Å². The SMILES string of the molecule is CC(C)OC(=O)OCCOC(=O)[C@H]1[C@@H]2CC[C@@](N)(C(=O)OCCOC(=O)OC(C)C)[C@@H]21.Cl. The van der Waals surface area contributed by atoms with Crippen LogP contribution in [0.1, 0.15) is 40.5 Å². The monoisotopic (exact) mass is 481 g/mol. The van der Waals surface area contributed by atoms with E-state index in [1.54, 1.807) is 27.7 Å². The van der Waals surface area contributed by atoms with Gasteiger partial charge in [0.25, 0.3) is 0 Å². The molecule has 2 aliphatic carbocycles. The molecule has 0 unspecified atom stereocenters. The van der Waals surface area contributed by atoms with Gasteiger partial charge in [0.15, 0.2) is 0 Å². The van der Waals surface area contributed by atoms with Gasteiger partial charge in [-0.05, 0) is 46.5 Å². The highest BCUT2D eigenvalue weighted by Gasteiger charge is 2.70. The van der Waals surface area contributed by atoms with Gasteiger partial charge >= 0.3 is 24.2 Å². The molecule has 12 heteroatoms. The van der Waals surface area contributed by atoms with E-state index in [0.717, 1.165) is 0 Å². The van der Waals surface area contributed by atoms with Gasteiger partial charge in [-0.2, -0.15) is 0 Å². The number of carbonyl (C=O) groups excluding carboxylic acids is 4. The van der Waals surface area contributed by atoms with Crippen LogP contribution in [0.4, 0.5) is 9.59 Å². The Bertz CT molecular complexity index is 685. The molecule has 0 amide bonds. The zero-order valence-corrected chi connectivity index (χ0v) is 19.5. The predicted molar refractivity (Wildman–Crippen MR) is 111 cm³/mol. The summed E-state index contributed by atoms with van der Waals surface area (Å²) in [5.41, 5.74) is 4.98. The number of ether oxygens (including phenoxy) is 6. The molecule has 184 valence electrons. The highest BCUT2D eigenvalue weighted by Crippen LogP contribution is 2.62. The highest BCUT2D eigenvalue weighted by molar-refractivity contribution is 5.87. The van der Waals surface area contributed by atoms with E-state index in [1.165, 1.54) is 0 Å². The Morgan fingerprint density at radius 3 is 1.81 bits per heavy atom. The standard InChI is InChI=1S/C20H31NO10.ClH/c1-11(2)30-18(24)28-9-7-26-16(22)14-13-5-6-20(21,15(13)14)17(23)27-8-10-29-19(25)31-12(3)4;/h11-15H,5-10,21H2,1-4H3;1H/t13-,14-,15-,20-;/m0./s1. The van der Waals surface area contributed by atoms with Gasteiger partial charge in [0.1, 0.15) is 32.0 Å². The van der Waals surface area contributed by atoms with Crippen molar-refractivity contribution in [2.45, 2.75) is 58.3 Å². The van der Waals surface area contributed by atoms with Crippen molar-refractivity contribution in [3.05, 3.63) is 0 Å². The molecule has 0 heterocycles. The van der Waals surface area contributed by atoms with Crippen molar-refractivity contribution < 1.29 is 47.6 Å². The second-order valence-corrected chi connectivity index (χ2v) is 8.13. The van der Waals surface area contributed by atoms with Crippen molar-refractivity contribution in [3.8, 4) is 0 Å². The zero-order valence-electron chi connectivity index (χ0n) is 18.7. The summed E-state index contributed by atoms with van der Waals surface area (Å²) in [6.07, 6.45) is -1.31. The molecule has 2 aliphatic rings. The maximum absolute atomic E-state index is 12.5. The number of hydrogen-bond acceptors (Lipinski definition) is 11. The van der Waals surface area contributed by atoms with E-state index in [4.69, 9.17) is 34.2 Å². The molecule has 2 saturated carbocycles. The number of halogens is 1. The third-order valence-corrected chi connectivity index (χ3v) is 5.05. The second-order valence-electron chi connectivity index (χ2n) is 8.13. The quantitative estimate of drug-likeness (QED) is 0.277. The first kappa shape index (κ1) is 27.8. The van der Waals surface area contributed by atoms with Crippen LogP contribution in [-0.2, 0) is 38.0 Å². The van der Waals surface area contributed by atoms with Gasteiger partial charge in [0, 0.05) is 5.92 Å². The Morgan fingerprint density at radius 2 is 1.31 bits per heavy atom.